The highest BCUT2D eigenvalue weighted by molar-refractivity contribution is 5.85. The molecule has 2 nitrogen and oxygen atoms in total. The van der Waals surface area contributed by atoms with Gasteiger partial charge >= 0.3 is 0 Å². The molecule has 0 fully saturated rings. The molecule has 0 saturated heterocycles. The van der Waals surface area contributed by atoms with Crippen LogP contribution in [-0.4, -0.2) is 18.6 Å². The Hall–Kier alpha value is -0.570. The van der Waals surface area contributed by atoms with E-state index in [1.54, 1.807) is 0 Å². The van der Waals surface area contributed by atoms with Crippen molar-refractivity contribution in [3.63, 3.8) is 0 Å². The van der Waals surface area contributed by atoms with E-state index in [0.717, 1.165) is 13.1 Å². The predicted octanol–water partition coefficient (Wildman–Crippen LogP) is 1.61. The standard InChI is InChI=1S/C10H13N.CH4.ClH.H2O/c1-2-4-10-6-8-11-7-5-9(10)3-1;;;/h1-4,11H,5-8H2;1H4;1H;1H2. The third-order valence-corrected chi connectivity index (χ3v) is 2.26. The van der Waals surface area contributed by atoms with Crippen molar-refractivity contribution < 1.29 is 5.48 Å². The Bertz CT molecular complexity index is 228. The van der Waals surface area contributed by atoms with E-state index in [9.17, 15) is 0 Å². The van der Waals surface area contributed by atoms with Crippen molar-refractivity contribution in [2.75, 3.05) is 13.1 Å². The van der Waals surface area contributed by atoms with Gasteiger partial charge in [-0.25, -0.2) is 0 Å². The van der Waals surface area contributed by atoms with Gasteiger partial charge in [0.2, 0.25) is 0 Å². The smallest absolute Gasteiger partial charge is 0.000812 e. The van der Waals surface area contributed by atoms with Crippen molar-refractivity contribution in [1.29, 1.82) is 0 Å². The highest BCUT2D eigenvalue weighted by atomic mass is 35.5. The summed E-state index contributed by atoms with van der Waals surface area (Å²) >= 11 is 0. The van der Waals surface area contributed by atoms with Gasteiger partial charge in [0, 0.05) is 0 Å². The predicted molar refractivity (Wildman–Crippen MR) is 64.3 cm³/mol. The molecule has 3 heteroatoms. The quantitative estimate of drug-likeness (QED) is 0.705. The summed E-state index contributed by atoms with van der Waals surface area (Å²) in [6, 6.07) is 8.74. The molecule has 2 rings (SSSR count). The summed E-state index contributed by atoms with van der Waals surface area (Å²) in [7, 11) is 0. The molecular formula is C11H20ClNO. The van der Waals surface area contributed by atoms with Gasteiger partial charge in [0.25, 0.3) is 0 Å². The number of hydrogen-bond acceptors (Lipinski definition) is 1. The minimum absolute atomic E-state index is 0. The molecule has 0 saturated carbocycles. The van der Waals surface area contributed by atoms with Crippen LogP contribution in [0.1, 0.15) is 18.6 Å². The van der Waals surface area contributed by atoms with Crippen LogP contribution in [0.15, 0.2) is 24.3 Å². The largest absolute Gasteiger partial charge is 0.412 e. The van der Waals surface area contributed by atoms with Crippen molar-refractivity contribution in [3.05, 3.63) is 35.4 Å². The summed E-state index contributed by atoms with van der Waals surface area (Å²) in [5.41, 5.74) is 3.05. The Balaban J connectivity index is 0. The van der Waals surface area contributed by atoms with Crippen molar-refractivity contribution in [2.45, 2.75) is 20.3 Å². The van der Waals surface area contributed by atoms with Crippen LogP contribution in [0.5, 0.6) is 0 Å². The lowest BCUT2D eigenvalue weighted by atomic mass is 10.0. The summed E-state index contributed by atoms with van der Waals surface area (Å²) in [4.78, 5) is 0. The Morgan fingerprint density at radius 2 is 1.36 bits per heavy atom. The van der Waals surface area contributed by atoms with E-state index in [4.69, 9.17) is 0 Å². The maximum absolute atomic E-state index is 3.39. The van der Waals surface area contributed by atoms with Crippen LogP contribution in [0.3, 0.4) is 0 Å². The van der Waals surface area contributed by atoms with Gasteiger partial charge in [-0.3, -0.25) is 0 Å². The first-order valence-corrected chi connectivity index (χ1v) is 4.24. The molecule has 0 radical (unpaired) electrons. The fourth-order valence-electron chi connectivity index (χ4n) is 1.62. The normalized spacial score (nSPS) is 13.4. The zero-order valence-electron chi connectivity index (χ0n) is 7.55. The van der Waals surface area contributed by atoms with Crippen LogP contribution < -0.4 is 5.32 Å². The van der Waals surface area contributed by atoms with E-state index in [0.29, 0.717) is 0 Å². The van der Waals surface area contributed by atoms with E-state index in [1.165, 1.54) is 24.0 Å². The topological polar surface area (TPSA) is 43.5 Å². The first-order valence-electron chi connectivity index (χ1n) is 4.24. The molecule has 1 aliphatic heterocycles. The van der Waals surface area contributed by atoms with Crippen LogP contribution in [0, 0.1) is 0 Å². The Labute approximate surface area is 92.4 Å². The SMILES string of the molecule is C.Cl.O.c1ccc2c(c1)CCNCC2. The molecule has 0 spiro atoms. The van der Waals surface area contributed by atoms with Gasteiger partial charge in [-0.2, -0.15) is 0 Å². The molecular weight excluding hydrogens is 198 g/mol. The summed E-state index contributed by atoms with van der Waals surface area (Å²) < 4.78 is 0. The van der Waals surface area contributed by atoms with Crippen LogP contribution in [0.2, 0.25) is 0 Å². The molecule has 0 unspecified atom stereocenters. The highest BCUT2D eigenvalue weighted by Gasteiger charge is 2.04. The molecule has 0 aromatic heterocycles. The first kappa shape index (κ1) is 15.9. The molecule has 0 amide bonds. The van der Waals surface area contributed by atoms with Crippen molar-refractivity contribution in [2.24, 2.45) is 0 Å². The summed E-state index contributed by atoms with van der Waals surface area (Å²) in [6.07, 6.45) is 2.38. The van der Waals surface area contributed by atoms with E-state index < -0.39 is 0 Å². The van der Waals surface area contributed by atoms with Crippen LogP contribution >= 0.6 is 12.4 Å². The number of hydrogen-bond donors (Lipinski definition) is 1. The lowest BCUT2D eigenvalue weighted by Gasteiger charge is -2.01. The summed E-state index contributed by atoms with van der Waals surface area (Å²) in [5.74, 6) is 0. The second-order valence-corrected chi connectivity index (χ2v) is 3.02. The molecule has 0 atom stereocenters. The zero-order chi connectivity index (χ0) is 7.52. The fourth-order valence-corrected chi connectivity index (χ4v) is 1.62. The average molecular weight is 218 g/mol. The van der Waals surface area contributed by atoms with Crippen molar-refractivity contribution in [3.8, 4) is 0 Å². The molecule has 1 aromatic carbocycles. The monoisotopic (exact) mass is 217 g/mol. The van der Waals surface area contributed by atoms with Gasteiger partial charge in [-0.15, -0.1) is 12.4 Å². The maximum Gasteiger partial charge on any atom is -0.000812 e. The minimum Gasteiger partial charge on any atom is -0.412 e. The van der Waals surface area contributed by atoms with Gasteiger partial charge in [0.15, 0.2) is 0 Å². The van der Waals surface area contributed by atoms with Crippen LogP contribution in [0.4, 0.5) is 0 Å². The van der Waals surface area contributed by atoms with Gasteiger partial charge in [-0.05, 0) is 37.1 Å². The average Bonchev–Trinajstić information content (AvgIpc) is 2.28. The fraction of sp³-hybridized carbons (Fsp3) is 0.455. The molecule has 0 bridgehead atoms. The molecule has 3 N–H and O–H groups in total. The van der Waals surface area contributed by atoms with Crippen LogP contribution in [0.25, 0.3) is 0 Å². The summed E-state index contributed by atoms with van der Waals surface area (Å²) in [5, 5.41) is 3.39. The number of rotatable bonds is 0. The Kier molecular flexibility index (Phi) is 8.85. The molecule has 1 heterocycles. The highest BCUT2D eigenvalue weighted by Crippen LogP contribution is 2.11. The first-order chi connectivity index (χ1) is 5.47. The maximum atomic E-state index is 3.39. The van der Waals surface area contributed by atoms with E-state index in [2.05, 4.69) is 29.6 Å². The Morgan fingerprint density at radius 3 is 1.79 bits per heavy atom. The van der Waals surface area contributed by atoms with E-state index in [1.807, 2.05) is 0 Å². The number of halogens is 1. The van der Waals surface area contributed by atoms with Crippen molar-refractivity contribution >= 4 is 12.4 Å². The number of nitrogens with one attached hydrogen (secondary N) is 1. The van der Waals surface area contributed by atoms with Crippen molar-refractivity contribution in [1.82, 2.24) is 5.32 Å². The third kappa shape index (κ3) is 3.66. The second-order valence-electron chi connectivity index (χ2n) is 3.02. The third-order valence-electron chi connectivity index (χ3n) is 2.26. The Morgan fingerprint density at radius 1 is 0.929 bits per heavy atom. The lowest BCUT2D eigenvalue weighted by Crippen LogP contribution is -2.16. The lowest BCUT2D eigenvalue weighted by molar-refractivity contribution is 0.711. The number of benzene rings is 1. The van der Waals surface area contributed by atoms with E-state index >= 15 is 0 Å². The zero-order valence-corrected chi connectivity index (χ0v) is 8.36. The molecule has 0 aliphatic carbocycles. The van der Waals surface area contributed by atoms with Crippen LogP contribution in [-0.2, 0) is 12.8 Å². The van der Waals surface area contributed by atoms with Gasteiger partial charge in [0.05, 0.1) is 0 Å². The second kappa shape index (κ2) is 7.80. The minimum atomic E-state index is 0. The summed E-state index contributed by atoms with van der Waals surface area (Å²) in [6.45, 7) is 2.27. The van der Waals surface area contributed by atoms with Gasteiger partial charge < -0.3 is 10.8 Å². The number of fused-ring (bicyclic) bond motifs is 1. The molecule has 82 valence electrons. The molecule has 14 heavy (non-hydrogen) atoms. The van der Waals surface area contributed by atoms with Gasteiger partial charge in [0.1, 0.15) is 0 Å². The molecule has 1 aliphatic rings. The van der Waals surface area contributed by atoms with E-state index in [-0.39, 0.29) is 25.3 Å². The molecule has 1 aromatic rings. The van der Waals surface area contributed by atoms with Gasteiger partial charge in [-0.1, -0.05) is 31.7 Å².